The first kappa shape index (κ1) is 10.0. The fourth-order valence-electron chi connectivity index (χ4n) is 0. The SMILES string of the molecule is CC#N.CCC(=O)O. The van der Waals surface area contributed by atoms with E-state index in [1.54, 1.807) is 13.0 Å². The van der Waals surface area contributed by atoms with Gasteiger partial charge in [-0.3, -0.25) is 4.79 Å². The Hall–Kier alpha value is -1.04. The smallest absolute Gasteiger partial charge is 0.303 e. The summed E-state index contributed by atoms with van der Waals surface area (Å²) in [5, 5.41) is 15.0. The first-order valence-corrected chi connectivity index (χ1v) is 2.21. The van der Waals surface area contributed by atoms with Gasteiger partial charge in [-0.2, -0.15) is 5.26 Å². The number of carboxylic acids is 1. The molecular formula is C5H9NO2. The highest BCUT2D eigenvalue weighted by molar-refractivity contribution is 5.66. The summed E-state index contributed by atoms with van der Waals surface area (Å²) < 4.78 is 0. The molecule has 0 heterocycles. The molecular weight excluding hydrogens is 106 g/mol. The lowest BCUT2D eigenvalue weighted by Crippen LogP contribution is -1.86. The van der Waals surface area contributed by atoms with Gasteiger partial charge in [0.2, 0.25) is 0 Å². The van der Waals surface area contributed by atoms with Crippen LogP contribution in [0.15, 0.2) is 0 Å². The highest BCUT2D eigenvalue weighted by atomic mass is 16.4. The Bertz CT molecular complexity index is 93.1. The van der Waals surface area contributed by atoms with Crippen LogP contribution in [-0.4, -0.2) is 11.1 Å². The van der Waals surface area contributed by atoms with Crippen LogP contribution >= 0.6 is 0 Å². The molecule has 0 saturated heterocycles. The quantitative estimate of drug-likeness (QED) is 0.554. The fourth-order valence-corrected chi connectivity index (χ4v) is 0. The van der Waals surface area contributed by atoms with Gasteiger partial charge in [0.05, 0.1) is 6.07 Å². The van der Waals surface area contributed by atoms with Gasteiger partial charge in [0.15, 0.2) is 0 Å². The van der Waals surface area contributed by atoms with E-state index in [1.807, 2.05) is 0 Å². The minimum absolute atomic E-state index is 0.222. The number of nitrogens with zero attached hydrogens (tertiary/aromatic N) is 1. The Kier molecular flexibility index (Phi) is 11.7. The molecule has 0 amide bonds. The van der Waals surface area contributed by atoms with Crippen molar-refractivity contribution in [3.63, 3.8) is 0 Å². The fraction of sp³-hybridized carbons (Fsp3) is 0.600. The van der Waals surface area contributed by atoms with Gasteiger partial charge in [-0.1, -0.05) is 6.92 Å². The third kappa shape index (κ3) is 84.4. The second kappa shape index (κ2) is 9.35. The Balaban J connectivity index is 0. The zero-order valence-corrected chi connectivity index (χ0v) is 5.01. The Morgan fingerprint density at radius 3 is 2.00 bits per heavy atom. The molecule has 3 nitrogen and oxygen atoms in total. The number of aliphatic carboxylic acids is 1. The minimum atomic E-state index is -0.745. The second-order valence-corrected chi connectivity index (χ2v) is 0.971. The highest BCUT2D eigenvalue weighted by Crippen LogP contribution is 1.67. The van der Waals surface area contributed by atoms with Gasteiger partial charge in [-0.25, -0.2) is 0 Å². The van der Waals surface area contributed by atoms with Gasteiger partial charge in [0.1, 0.15) is 0 Å². The van der Waals surface area contributed by atoms with Crippen molar-refractivity contribution >= 4 is 5.97 Å². The summed E-state index contributed by atoms with van der Waals surface area (Å²) in [4.78, 5) is 9.37. The number of nitriles is 1. The summed E-state index contributed by atoms with van der Waals surface area (Å²) in [6.07, 6.45) is 0.222. The van der Waals surface area contributed by atoms with Crippen molar-refractivity contribution in [1.29, 1.82) is 5.26 Å². The van der Waals surface area contributed by atoms with Crippen LogP contribution in [-0.2, 0) is 4.79 Å². The van der Waals surface area contributed by atoms with Crippen LogP contribution < -0.4 is 0 Å². The molecule has 0 unspecified atom stereocenters. The van der Waals surface area contributed by atoms with Gasteiger partial charge in [-0.15, -0.1) is 0 Å². The van der Waals surface area contributed by atoms with Gasteiger partial charge in [-0.05, 0) is 0 Å². The number of hydrogen-bond acceptors (Lipinski definition) is 2. The summed E-state index contributed by atoms with van der Waals surface area (Å²) in [5.74, 6) is -0.745. The van der Waals surface area contributed by atoms with Crippen molar-refractivity contribution in [3.8, 4) is 6.07 Å². The Labute approximate surface area is 48.6 Å². The largest absolute Gasteiger partial charge is 0.481 e. The molecule has 0 aromatic heterocycles. The number of carboxylic acid groups (broad SMARTS) is 1. The highest BCUT2D eigenvalue weighted by Gasteiger charge is 1.80. The molecule has 0 rings (SSSR count). The maximum absolute atomic E-state index is 9.37. The zero-order valence-electron chi connectivity index (χ0n) is 5.01. The molecule has 8 heavy (non-hydrogen) atoms. The summed E-state index contributed by atoms with van der Waals surface area (Å²) in [6.45, 7) is 3.03. The zero-order chi connectivity index (χ0) is 6.99. The lowest BCUT2D eigenvalue weighted by atomic mass is 10.5. The maximum Gasteiger partial charge on any atom is 0.303 e. The third-order valence-electron chi connectivity index (χ3n) is 0.302. The van der Waals surface area contributed by atoms with Crippen LogP contribution in [0, 0.1) is 11.3 Å². The van der Waals surface area contributed by atoms with Gasteiger partial charge in [0, 0.05) is 13.3 Å². The lowest BCUT2D eigenvalue weighted by molar-refractivity contribution is -0.136. The van der Waals surface area contributed by atoms with Crippen LogP contribution in [0.25, 0.3) is 0 Å². The summed E-state index contributed by atoms with van der Waals surface area (Å²) in [7, 11) is 0. The molecule has 46 valence electrons. The first-order chi connectivity index (χ1) is 3.68. The molecule has 0 saturated carbocycles. The Morgan fingerprint density at radius 2 is 2.00 bits per heavy atom. The minimum Gasteiger partial charge on any atom is -0.481 e. The average Bonchev–Trinajstić information content (AvgIpc) is 1.69. The van der Waals surface area contributed by atoms with Crippen LogP contribution in [0.3, 0.4) is 0 Å². The molecule has 0 aromatic rings. The van der Waals surface area contributed by atoms with Crippen molar-refractivity contribution in [2.24, 2.45) is 0 Å². The molecule has 0 atom stereocenters. The maximum atomic E-state index is 9.37. The number of carbonyl (C=O) groups is 1. The van der Waals surface area contributed by atoms with Gasteiger partial charge >= 0.3 is 5.97 Å². The summed E-state index contributed by atoms with van der Waals surface area (Å²) in [5.41, 5.74) is 0. The van der Waals surface area contributed by atoms with E-state index < -0.39 is 5.97 Å². The normalized spacial score (nSPS) is 5.62. The van der Waals surface area contributed by atoms with Gasteiger partial charge < -0.3 is 5.11 Å². The van der Waals surface area contributed by atoms with Crippen LogP contribution in [0.4, 0.5) is 0 Å². The standard InChI is InChI=1S/C3H6O2.C2H3N/c1-2-3(4)5;1-2-3/h2H2,1H3,(H,4,5);1H3. The average molecular weight is 115 g/mol. The van der Waals surface area contributed by atoms with E-state index in [-0.39, 0.29) is 6.42 Å². The number of hydrogen-bond donors (Lipinski definition) is 1. The molecule has 0 spiro atoms. The molecule has 0 radical (unpaired) electrons. The van der Waals surface area contributed by atoms with Crippen LogP contribution in [0.1, 0.15) is 20.3 Å². The Morgan fingerprint density at radius 1 is 1.88 bits per heavy atom. The molecule has 3 heteroatoms. The molecule has 0 aliphatic carbocycles. The summed E-state index contributed by atoms with van der Waals surface area (Å²) >= 11 is 0. The van der Waals surface area contributed by atoms with E-state index in [1.165, 1.54) is 6.92 Å². The van der Waals surface area contributed by atoms with E-state index in [9.17, 15) is 4.79 Å². The van der Waals surface area contributed by atoms with Crippen LogP contribution in [0.2, 0.25) is 0 Å². The van der Waals surface area contributed by atoms with E-state index in [0.717, 1.165) is 0 Å². The predicted octanol–water partition coefficient (Wildman–Crippen LogP) is 1.01. The topological polar surface area (TPSA) is 61.1 Å². The third-order valence-corrected chi connectivity index (χ3v) is 0.302. The first-order valence-electron chi connectivity index (χ1n) is 2.21. The van der Waals surface area contributed by atoms with Crippen molar-refractivity contribution < 1.29 is 9.90 Å². The second-order valence-electron chi connectivity index (χ2n) is 0.971. The molecule has 0 aliphatic rings. The van der Waals surface area contributed by atoms with Crippen molar-refractivity contribution in [2.75, 3.05) is 0 Å². The molecule has 0 bridgehead atoms. The van der Waals surface area contributed by atoms with Crippen molar-refractivity contribution in [2.45, 2.75) is 20.3 Å². The lowest BCUT2D eigenvalue weighted by Gasteiger charge is -1.71. The van der Waals surface area contributed by atoms with Crippen molar-refractivity contribution in [1.82, 2.24) is 0 Å². The van der Waals surface area contributed by atoms with Crippen LogP contribution in [0.5, 0.6) is 0 Å². The van der Waals surface area contributed by atoms with E-state index >= 15 is 0 Å². The molecule has 0 aliphatic heterocycles. The van der Waals surface area contributed by atoms with Gasteiger partial charge in [0.25, 0.3) is 0 Å². The van der Waals surface area contributed by atoms with E-state index in [4.69, 9.17) is 10.4 Å². The molecule has 1 N–H and O–H groups in total. The molecule has 0 aromatic carbocycles. The van der Waals surface area contributed by atoms with E-state index in [0.29, 0.717) is 0 Å². The predicted molar refractivity (Wildman–Crippen MR) is 29.2 cm³/mol. The van der Waals surface area contributed by atoms with Crippen molar-refractivity contribution in [3.05, 3.63) is 0 Å². The molecule has 0 fully saturated rings. The monoisotopic (exact) mass is 115 g/mol. The number of rotatable bonds is 1. The van der Waals surface area contributed by atoms with E-state index in [2.05, 4.69) is 0 Å². The summed E-state index contributed by atoms with van der Waals surface area (Å²) in [6, 6.07) is 1.75.